The molecule has 0 radical (unpaired) electrons. The molecule has 2 aliphatic rings. The summed E-state index contributed by atoms with van der Waals surface area (Å²) in [6.07, 6.45) is 5.55. The van der Waals surface area contributed by atoms with E-state index in [9.17, 15) is 9.59 Å². The van der Waals surface area contributed by atoms with Gasteiger partial charge in [-0.1, -0.05) is 6.42 Å². The van der Waals surface area contributed by atoms with Crippen molar-refractivity contribution in [3.8, 4) is 0 Å². The number of carbonyl (C=O) groups is 2. The van der Waals surface area contributed by atoms with Gasteiger partial charge in [0.2, 0.25) is 0 Å². The van der Waals surface area contributed by atoms with Crippen LogP contribution in [0.5, 0.6) is 0 Å². The maximum Gasteiger partial charge on any atom is 0.328 e. The van der Waals surface area contributed by atoms with Crippen LogP contribution in [-0.4, -0.2) is 43.5 Å². The molecule has 1 unspecified atom stereocenters. The van der Waals surface area contributed by atoms with Crippen molar-refractivity contribution in [2.75, 3.05) is 20.3 Å². The highest BCUT2D eigenvalue weighted by Gasteiger charge is 2.53. The van der Waals surface area contributed by atoms with E-state index in [1.165, 1.54) is 20.5 Å². The summed E-state index contributed by atoms with van der Waals surface area (Å²) in [5.41, 5.74) is -1.32. The molecule has 1 spiro atoms. The van der Waals surface area contributed by atoms with Crippen LogP contribution in [-0.2, 0) is 23.8 Å². The van der Waals surface area contributed by atoms with Crippen molar-refractivity contribution in [1.82, 2.24) is 5.32 Å². The Morgan fingerprint density at radius 3 is 2.55 bits per heavy atom. The summed E-state index contributed by atoms with van der Waals surface area (Å²) in [5.74, 6) is -0.705. The Kier molecular flexibility index (Phi) is 4.65. The van der Waals surface area contributed by atoms with E-state index in [2.05, 4.69) is 5.32 Å². The second-order valence-corrected chi connectivity index (χ2v) is 5.63. The lowest BCUT2D eigenvalue weighted by molar-refractivity contribution is -0.151. The van der Waals surface area contributed by atoms with Crippen LogP contribution in [0.2, 0.25) is 0 Å². The van der Waals surface area contributed by atoms with Crippen LogP contribution in [0.4, 0.5) is 0 Å². The highest BCUT2D eigenvalue weighted by Crippen LogP contribution is 2.37. The smallest absolute Gasteiger partial charge is 0.328 e. The van der Waals surface area contributed by atoms with Gasteiger partial charge >= 0.3 is 11.9 Å². The minimum absolute atomic E-state index is 0.177. The Hall–Kier alpha value is -1.14. The molecule has 2 fully saturated rings. The van der Waals surface area contributed by atoms with Gasteiger partial charge in [0, 0.05) is 13.3 Å². The summed E-state index contributed by atoms with van der Waals surface area (Å²) in [4.78, 5) is 23.0. The first-order valence-corrected chi connectivity index (χ1v) is 7.17. The van der Waals surface area contributed by atoms with E-state index >= 15 is 0 Å². The summed E-state index contributed by atoms with van der Waals surface area (Å²) < 4.78 is 15.8. The lowest BCUT2D eigenvalue weighted by Crippen LogP contribution is -2.57. The quantitative estimate of drug-likeness (QED) is 0.781. The van der Waals surface area contributed by atoms with Gasteiger partial charge < -0.3 is 14.2 Å². The second-order valence-electron chi connectivity index (χ2n) is 5.63. The number of hydrogen-bond donors (Lipinski definition) is 1. The van der Waals surface area contributed by atoms with Gasteiger partial charge in [-0.05, 0) is 25.7 Å². The molecular weight excluding hydrogens is 262 g/mol. The Morgan fingerprint density at radius 2 is 1.95 bits per heavy atom. The normalized spacial score (nSPS) is 28.3. The molecule has 114 valence electrons. The van der Waals surface area contributed by atoms with Crippen LogP contribution < -0.4 is 5.32 Å². The Morgan fingerprint density at radius 1 is 1.25 bits per heavy atom. The summed E-state index contributed by atoms with van der Waals surface area (Å²) >= 11 is 0. The lowest BCUT2D eigenvalue weighted by Gasteiger charge is -2.35. The minimum Gasteiger partial charge on any atom is -0.468 e. The van der Waals surface area contributed by atoms with Gasteiger partial charge in [0.1, 0.15) is 11.3 Å². The summed E-state index contributed by atoms with van der Waals surface area (Å²) in [6.45, 7) is 1.80. The van der Waals surface area contributed by atoms with Crippen LogP contribution >= 0.6 is 0 Å². The third kappa shape index (κ3) is 3.12. The Bertz CT molecular complexity index is 378. The first kappa shape index (κ1) is 15.3. The highest BCUT2D eigenvalue weighted by molar-refractivity contribution is 5.81. The molecule has 1 saturated carbocycles. The van der Waals surface area contributed by atoms with Gasteiger partial charge in [0.15, 0.2) is 0 Å². The lowest BCUT2D eigenvalue weighted by atomic mass is 9.89. The van der Waals surface area contributed by atoms with Gasteiger partial charge in [0.25, 0.3) is 0 Å². The van der Waals surface area contributed by atoms with Crippen molar-refractivity contribution in [2.45, 2.75) is 56.7 Å². The molecule has 6 heteroatoms. The molecule has 1 atom stereocenters. The zero-order valence-electron chi connectivity index (χ0n) is 12.2. The van der Waals surface area contributed by atoms with E-state index in [1.54, 1.807) is 0 Å². The fourth-order valence-corrected chi connectivity index (χ4v) is 3.07. The Balaban J connectivity index is 2.05. The maximum absolute atomic E-state index is 12.1. The van der Waals surface area contributed by atoms with Gasteiger partial charge in [-0.3, -0.25) is 10.1 Å². The average molecular weight is 285 g/mol. The van der Waals surface area contributed by atoms with E-state index < -0.39 is 11.3 Å². The van der Waals surface area contributed by atoms with E-state index in [0.717, 1.165) is 25.7 Å². The number of methoxy groups -OCH3 is 1. The number of carbonyl (C=O) groups excluding carboxylic acids is 2. The molecule has 20 heavy (non-hydrogen) atoms. The van der Waals surface area contributed by atoms with Crippen LogP contribution in [0, 0.1) is 0 Å². The SMILES string of the molecule is COC(=O)C1(CCOC(C)=O)COC2(CCCCC2)N1. The van der Waals surface area contributed by atoms with Crippen LogP contribution in [0.25, 0.3) is 0 Å². The number of nitrogens with one attached hydrogen (secondary N) is 1. The molecule has 0 aromatic carbocycles. The van der Waals surface area contributed by atoms with Crippen molar-refractivity contribution < 1.29 is 23.8 Å². The minimum atomic E-state index is -0.901. The van der Waals surface area contributed by atoms with Gasteiger partial charge in [0.05, 0.1) is 20.3 Å². The monoisotopic (exact) mass is 285 g/mol. The number of rotatable bonds is 4. The van der Waals surface area contributed by atoms with Crippen LogP contribution in [0.3, 0.4) is 0 Å². The molecule has 1 saturated heterocycles. The summed E-state index contributed by atoms with van der Waals surface area (Å²) in [7, 11) is 1.36. The summed E-state index contributed by atoms with van der Waals surface area (Å²) in [6, 6.07) is 0. The number of hydrogen-bond acceptors (Lipinski definition) is 6. The van der Waals surface area contributed by atoms with E-state index in [0.29, 0.717) is 6.42 Å². The van der Waals surface area contributed by atoms with Crippen molar-refractivity contribution in [3.05, 3.63) is 0 Å². The molecule has 0 aromatic heterocycles. The highest BCUT2D eigenvalue weighted by atomic mass is 16.6. The van der Waals surface area contributed by atoms with Crippen molar-refractivity contribution >= 4 is 11.9 Å². The molecular formula is C14H23NO5. The molecule has 1 aliphatic heterocycles. The number of ether oxygens (including phenoxy) is 3. The maximum atomic E-state index is 12.1. The standard InChI is InChI=1S/C14H23NO5/c1-11(16)19-9-8-13(12(17)18-2)10-20-14(15-13)6-4-3-5-7-14/h15H,3-10H2,1-2H3. The van der Waals surface area contributed by atoms with E-state index in [-0.39, 0.29) is 25.2 Å². The predicted octanol–water partition coefficient (Wildman–Crippen LogP) is 1.13. The molecule has 1 N–H and O–H groups in total. The van der Waals surface area contributed by atoms with Crippen molar-refractivity contribution in [1.29, 1.82) is 0 Å². The molecule has 1 heterocycles. The Labute approximate surface area is 119 Å². The van der Waals surface area contributed by atoms with Crippen molar-refractivity contribution in [2.24, 2.45) is 0 Å². The zero-order chi connectivity index (χ0) is 14.6. The fraction of sp³-hybridized carbons (Fsp3) is 0.857. The molecule has 0 aromatic rings. The summed E-state index contributed by atoms with van der Waals surface area (Å²) in [5, 5.41) is 3.36. The molecule has 1 aliphatic carbocycles. The molecule has 2 rings (SSSR count). The largest absolute Gasteiger partial charge is 0.468 e. The second kappa shape index (κ2) is 6.10. The predicted molar refractivity (Wildman–Crippen MR) is 70.9 cm³/mol. The topological polar surface area (TPSA) is 73.9 Å². The van der Waals surface area contributed by atoms with E-state index in [4.69, 9.17) is 14.2 Å². The molecule has 0 amide bonds. The van der Waals surface area contributed by atoms with Crippen LogP contribution in [0.15, 0.2) is 0 Å². The first-order valence-electron chi connectivity index (χ1n) is 7.17. The molecule has 0 bridgehead atoms. The number of esters is 2. The van der Waals surface area contributed by atoms with Gasteiger partial charge in [-0.2, -0.15) is 0 Å². The average Bonchev–Trinajstić information content (AvgIpc) is 2.78. The first-order chi connectivity index (χ1) is 9.52. The van der Waals surface area contributed by atoms with Crippen molar-refractivity contribution in [3.63, 3.8) is 0 Å². The van der Waals surface area contributed by atoms with Crippen LogP contribution in [0.1, 0.15) is 45.4 Å². The van der Waals surface area contributed by atoms with Gasteiger partial charge in [-0.15, -0.1) is 0 Å². The molecule has 6 nitrogen and oxygen atoms in total. The third-order valence-electron chi connectivity index (χ3n) is 4.13. The zero-order valence-corrected chi connectivity index (χ0v) is 12.2. The van der Waals surface area contributed by atoms with E-state index in [1.807, 2.05) is 0 Å². The fourth-order valence-electron chi connectivity index (χ4n) is 3.07. The van der Waals surface area contributed by atoms with Gasteiger partial charge in [-0.25, -0.2) is 4.79 Å². The third-order valence-corrected chi connectivity index (χ3v) is 4.13.